The summed E-state index contributed by atoms with van der Waals surface area (Å²) in [5, 5.41) is 21.0. The van der Waals surface area contributed by atoms with E-state index < -0.39 is 24.1 Å². The van der Waals surface area contributed by atoms with E-state index in [1.165, 1.54) is 6.08 Å². The Bertz CT molecular complexity index is 860. The molecule has 0 radical (unpaired) electrons. The molecule has 0 amide bonds. The van der Waals surface area contributed by atoms with Gasteiger partial charge in [-0.05, 0) is 49.3 Å². The molecular weight excluding hydrogens is 380 g/mol. The lowest BCUT2D eigenvalue weighted by Gasteiger charge is -2.19. The molecule has 3 rings (SSSR count). The minimum absolute atomic E-state index is 0.0758. The van der Waals surface area contributed by atoms with E-state index in [-0.39, 0.29) is 18.0 Å². The molecule has 2 aromatic carbocycles. The van der Waals surface area contributed by atoms with Crippen molar-refractivity contribution in [1.29, 1.82) is 0 Å². The van der Waals surface area contributed by atoms with E-state index in [1.807, 2.05) is 60.7 Å². The molecule has 2 aromatic rings. The lowest BCUT2D eigenvalue weighted by molar-refractivity contribution is -0.157. The summed E-state index contributed by atoms with van der Waals surface area (Å²) in [4.78, 5) is 24.7. The van der Waals surface area contributed by atoms with Gasteiger partial charge in [0.25, 0.3) is 0 Å². The van der Waals surface area contributed by atoms with Gasteiger partial charge in [-0.15, -0.1) is 0 Å². The normalized spacial score (nSPS) is 18.8. The number of hydrogen-bond acceptors (Lipinski definition) is 5. The van der Waals surface area contributed by atoms with Crippen LogP contribution in [0.2, 0.25) is 0 Å². The molecule has 158 valence electrons. The van der Waals surface area contributed by atoms with Gasteiger partial charge in [0, 0.05) is 6.42 Å². The number of aliphatic hydroxyl groups excluding tert-OH is 2. The Morgan fingerprint density at radius 3 is 2.30 bits per heavy atom. The molecule has 1 saturated carbocycles. The van der Waals surface area contributed by atoms with Gasteiger partial charge in [0.15, 0.2) is 11.9 Å². The summed E-state index contributed by atoms with van der Waals surface area (Å²) in [6, 6.07) is 19.1. The summed E-state index contributed by atoms with van der Waals surface area (Å²) in [6.45, 7) is 0. The van der Waals surface area contributed by atoms with Crippen LogP contribution in [0.15, 0.2) is 72.5 Å². The van der Waals surface area contributed by atoms with E-state index in [1.54, 1.807) is 0 Å². The molecule has 1 aliphatic carbocycles. The topological polar surface area (TPSA) is 83.8 Å². The second kappa shape index (κ2) is 10.7. The Morgan fingerprint density at radius 2 is 1.70 bits per heavy atom. The predicted octanol–water partition coefficient (Wildman–Crippen LogP) is 3.95. The average Bonchev–Trinajstić information content (AvgIpc) is 3.16. The number of rotatable bonds is 9. The Kier molecular flexibility index (Phi) is 7.80. The number of aliphatic hydroxyl groups is 2. The van der Waals surface area contributed by atoms with Gasteiger partial charge in [-0.2, -0.15) is 0 Å². The third-order valence-corrected chi connectivity index (χ3v) is 5.37. The SMILES string of the molecule is O=C1CCCC1OC(=O)C(Cc1ccccc1)/C(O)=C\C(O)CCc1ccccc1. The number of hydrogen-bond donors (Lipinski definition) is 2. The minimum Gasteiger partial charge on any atom is -0.512 e. The van der Waals surface area contributed by atoms with Crippen molar-refractivity contribution in [2.24, 2.45) is 5.92 Å². The van der Waals surface area contributed by atoms with Crippen molar-refractivity contribution in [2.45, 2.75) is 50.7 Å². The van der Waals surface area contributed by atoms with Crippen molar-refractivity contribution < 1.29 is 24.5 Å². The van der Waals surface area contributed by atoms with Crippen LogP contribution in [0.1, 0.15) is 36.8 Å². The Balaban J connectivity index is 1.69. The summed E-state index contributed by atoms with van der Waals surface area (Å²) < 4.78 is 5.42. The van der Waals surface area contributed by atoms with E-state index in [0.29, 0.717) is 32.1 Å². The Hall–Kier alpha value is -2.92. The van der Waals surface area contributed by atoms with Crippen molar-refractivity contribution in [3.8, 4) is 0 Å². The molecule has 0 aromatic heterocycles. The number of ketones is 1. The van der Waals surface area contributed by atoms with Crippen LogP contribution in [0.5, 0.6) is 0 Å². The predicted molar refractivity (Wildman–Crippen MR) is 114 cm³/mol. The van der Waals surface area contributed by atoms with Gasteiger partial charge in [0.05, 0.1) is 6.10 Å². The highest BCUT2D eigenvalue weighted by atomic mass is 16.5. The van der Waals surface area contributed by atoms with Gasteiger partial charge >= 0.3 is 5.97 Å². The fourth-order valence-electron chi connectivity index (χ4n) is 3.64. The third-order valence-electron chi connectivity index (χ3n) is 5.37. The standard InChI is InChI=1S/C25H28O5/c26-20(15-14-18-8-3-1-4-9-18)17-23(28)21(16-19-10-5-2-6-11-19)25(29)30-24-13-7-12-22(24)27/h1-6,8-11,17,20-21,24,26,28H,7,12-16H2/b23-17+. The zero-order valence-corrected chi connectivity index (χ0v) is 16.9. The first-order valence-electron chi connectivity index (χ1n) is 10.4. The number of esters is 1. The van der Waals surface area contributed by atoms with Gasteiger partial charge in [-0.1, -0.05) is 60.7 Å². The summed E-state index contributed by atoms with van der Waals surface area (Å²) >= 11 is 0. The van der Waals surface area contributed by atoms with Crippen LogP contribution in [0.3, 0.4) is 0 Å². The molecule has 1 aliphatic rings. The van der Waals surface area contributed by atoms with Crippen LogP contribution in [0, 0.1) is 5.92 Å². The molecule has 0 saturated heterocycles. The van der Waals surface area contributed by atoms with Gasteiger partial charge in [0.1, 0.15) is 11.7 Å². The summed E-state index contributed by atoms with van der Waals surface area (Å²) in [6.07, 6.45) is 2.63. The molecule has 2 N–H and O–H groups in total. The van der Waals surface area contributed by atoms with Gasteiger partial charge in [0.2, 0.25) is 0 Å². The van der Waals surface area contributed by atoms with Crippen molar-refractivity contribution >= 4 is 11.8 Å². The van der Waals surface area contributed by atoms with Crippen molar-refractivity contribution in [1.82, 2.24) is 0 Å². The second-order valence-electron chi connectivity index (χ2n) is 7.71. The molecule has 3 unspecified atom stereocenters. The van der Waals surface area contributed by atoms with E-state index in [2.05, 4.69) is 0 Å². The summed E-state index contributed by atoms with van der Waals surface area (Å²) in [5.41, 5.74) is 1.94. The van der Waals surface area contributed by atoms with Crippen LogP contribution in [-0.4, -0.2) is 34.2 Å². The maximum Gasteiger partial charge on any atom is 0.317 e. The first kappa shape index (κ1) is 21.8. The number of aryl methyl sites for hydroxylation is 1. The van der Waals surface area contributed by atoms with E-state index in [0.717, 1.165) is 11.1 Å². The highest BCUT2D eigenvalue weighted by Gasteiger charge is 2.33. The molecule has 3 atom stereocenters. The molecule has 5 heteroatoms. The highest BCUT2D eigenvalue weighted by molar-refractivity contribution is 5.88. The number of Topliss-reactive ketones (excluding diaryl/α,β-unsaturated/α-hetero) is 1. The molecule has 0 spiro atoms. The largest absolute Gasteiger partial charge is 0.512 e. The quantitative estimate of drug-likeness (QED) is 0.485. The van der Waals surface area contributed by atoms with Gasteiger partial charge < -0.3 is 14.9 Å². The van der Waals surface area contributed by atoms with Crippen molar-refractivity contribution in [3.63, 3.8) is 0 Å². The molecule has 30 heavy (non-hydrogen) atoms. The monoisotopic (exact) mass is 408 g/mol. The summed E-state index contributed by atoms with van der Waals surface area (Å²) in [5.74, 6) is -1.90. The van der Waals surface area contributed by atoms with Crippen LogP contribution in [0.25, 0.3) is 0 Å². The fourth-order valence-corrected chi connectivity index (χ4v) is 3.64. The van der Waals surface area contributed by atoms with Crippen LogP contribution < -0.4 is 0 Å². The Labute approximate surface area is 177 Å². The second-order valence-corrected chi connectivity index (χ2v) is 7.71. The number of carbonyl (C=O) groups is 2. The first-order valence-corrected chi connectivity index (χ1v) is 10.4. The lowest BCUT2D eigenvalue weighted by Crippen LogP contribution is -2.29. The maximum atomic E-state index is 12.8. The van der Waals surface area contributed by atoms with Gasteiger partial charge in [-0.3, -0.25) is 9.59 Å². The number of ether oxygens (including phenoxy) is 1. The molecule has 0 bridgehead atoms. The van der Waals surface area contributed by atoms with Crippen LogP contribution >= 0.6 is 0 Å². The number of carbonyl (C=O) groups excluding carboxylic acids is 2. The minimum atomic E-state index is -0.966. The maximum absolute atomic E-state index is 12.8. The Morgan fingerprint density at radius 1 is 1.07 bits per heavy atom. The van der Waals surface area contributed by atoms with Crippen LogP contribution in [-0.2, 0) is 27.2 Å². The fraction of sp³-hybridized carbons (Fsp3) is 0.360. The van der Waals surface area contributed by atoms with Crippen LogP contribution in [0.4, 0.5) is 0 Å². The van der Waals surface area contributed by atoms with Crippen molar-refractivity contribution in [2.75, 3.05) is 0 Å². The van der Waals surface area contributed by atoms with E-state index in [9.17, 15) is 19.8 Å². The first-order chi connectivity index (χ1) is 14.5. The summed E-state index contributed by atoms with van der Waals surface area (Å²) in [7, 11) is 0. The average molecular weight is 408 g/mol. The zero-order valence-electron chi connectivity index (χ0n) is 16.9. The smallest absolute Gasteiger partial charge is 0.317 e. The molecule has 5 nitrogen and oxygen atoms in total. The molecular formula is C25H28O5. The zero-order chi connectivity index (χ0) is 21.3. The van der Waals surface area contributed by atoms with E-state index in [4.69, 9.17) is 4.74 Å². The molecule has 1 fully saturated rings. The lowest BCUT2D eigenvalue weighted by atomic mass is 9.95. The molecule has 0 aliphatic heterocycles. The highest BCUT2D eigenvalue weighted by Crippen LogP contribution is 2.23. The number of benzene rings is 2. The molecule has 0 heterocycles. The van der Waals surface area contributed by atoms with Gasteiger partial charge in [-0.25, -0.2) is 0 Å². The van der Waals surface area contributed by atoms with E-state index >= 15 is 0 Å². The third kappa shape index (κ3) is 6.29. The van der Waals surface area contributed by atoms with Crippen molar-refractivity contribution in [3.05, 3.63) is 83.6 Å².